The maximum absolute atomic E-state index is 11.7. The minimum atomic E-state index is -0.218. The number of esters is 1. The highest BCUT2D eigenvalue weighted by atomic mass is 32.1. The van der Waals surface area contributed by atoms with Crippen LogP contribution >= 0.6 is 11.3 Å². The van der Waals surface area contributed by atoms with Crippen LogP contribution in [-0.4, -0.2) is 60.3 Å². The monoisotopic (exact) mass is 418 g/mol. The molecule has 29 heavy (non-hydrogen) atoms. The van der Waals surface area contributed by atoms with Crippen LogP contribution in [0.25, 0.3) is 10.2 Å². The maximum Gasteiger partial charge on any atom is 0.307 e. The van der Waals surface area contributed by atoms with Crippen LogP contribution in [0.15, 0.2) is 0 Å². The number of fused-ring (bicyclic) bond motifs is 3. The summed E-state index contributed by atoms with van der Waals surface area (Å²) in [5.74, 6) is 2.19. The summed E-state index contributed by atoms with van der Waals surface area (Å²) in [5.41, 5.74) is 1.40. The van der Waals surface area contributed by atoms with Crippen LogP contribution in [0.2, 0.25) is 0 Å². The molecule has 8 heteroatoms. The summed E-state index contributed by atoms with van der Waals surface area (Å²) in [6.45, 7) is 8.36. The second-order valence-electron chi connectivity index (χ2n) is 8.23. The molecular weight excluding hydrogens is 388 g/mol. The standard InChI is InChI=1S/C21H30N4O3S/c1-13-4-5-15-16(10-13)29-21-19(15)20(22-14(2)11-18(26)27-3)23-17(24-21)12-25-6-8-28-9-7-25/h13-14H,4-12H2,1-3H3,(H,22,23,24)/t13-,14+/m1/s1. The number of carbonyl (C=O) groups excluding carboxylic acids is 1. The van der Waals surface area contributed by atoms with Gasteiger partial charge in [-0.25, -0.2) is 9.97 Å². The van der Waals surface area contributed by atoms with Crippen LogP contribution in [-0.2, 0) is 33.7 Å². The van der Waals surface area contributed by atoms with Gasteiger partial charge >= 0.3 is 5.97 Å². The number of ether oxygens (including phenoxy) is 2. The molecule has 0 amide bonds. The maximum atomic E-state index is 11.7. The van der Waals surface area contributed by atoms with E-state index in [1.807, 2.05) is 18.3 Å². The second kappa shape index (κ2) is 8.93. The number of aryl methyl sites for hydroxylation is 1. The van der Waals surface area contributed by atoms with Gasteiger partial charge in [-0.3, -0.25) is 9.69 Å². The number of morpholine rings is 1. The van der Waals surface area contributed by atoms with E-state index in [-0.39, 0.29) is 12.0 Å². The van der Waals surface area contributed by atoms with Gasteiger partial charge in [0, 0.05) is 24.0 Å². The average Bonchev–Trinajstić information content (AvgIpc) is 3.06. The molecule has 2 aliphatic rings. The van der Waals surface area contributed by atoms with Crippen molar-refractivity contribution in [3.63, 3.8) is 0 Å². The van der Waals surface area contributed by atoms with Gasteiger partial charge in [-0.1, -0.05) is 6.92 Å². The molecule has 0 spiro atoms. The van der Waals surface area contributed by atoms with Gasteiger partial charge in [0.1, 0.15) is 16.5 Å². The molecule has 2 aromatic rings. The van der Waals surface area contributed by atoms with Gasteiger partial charge in [-0.05, 0) is 37.7 Å². The Labute approximate surface area is 175 Å². The number of thiophene rings is 1. The van der Waals surface area contributed by atoms with Crippen molar-refractivity contribution < 1.29 is 14.3 Å². The normalized spacial score (nSPS) is 21.0. The van der Waals surface area contributed by atoms with E-state index in [4.69, 9.17) is 19.4 Å². The molecule has 0 bridgehead atoms. The first-order valence-electron chi connectivity index (χ1n) is 10.5. The third-order valence-electron chi connectivity index (χ3n) is 5.75. The van der Waals surface area contributed by atoms with E-state index < -0.39 is 0 Å². The largest absolute Gasteiger partial charge is 0.469 e. The Morgan fingerprint density at radius 3 is 2.93 bits per heavy atom. The van der Waals surface area contributed by atoms with Crippen molar-refractivity contribution in [2.75, 3.05) is 38.7 Å². The lowest BCUT2D eigenvalue weighted by atomic mass is 9.89. The summed E-state index contributed by atoms with van der Waals surface area (Å²) >= 11 is 1.81. The van der Waals surface area contributed by atoms with Crippen molar-refractivity contribution >= 4 is 33.3 Å². The molecule has 4 rings (SSSR count). The third kappa shape index (κ3) is 4.70. The first-order chi connectivity index (χ1) is 14.0. The summed E-state index contributed by atoms with van der Waals surface area (Å²) < 4.78 is 10.3. The van der Waals surface area contributed by atoms with E-state index >= 15 is 0 Å². The number of anilines is 1. The number of methoxy groups -OCH3 is 1. The lowest BCUT2D eigenvalue weighted by Gasteiger charge is -2.26. The zero-order chi connectivity index (χ0) is 20.4. The molecule has 0 unspecified atom stereocenters. The van der Waals surface area contributed by atoms with Gasteiger partial charge in [-0.2, -0.15) is 0 Å². The number of nitrogens with zero attached hydrogens (tertiary/aromatic N) is 3. The van der Waals surface area contributed by atoms with Crippen molar-refractivity contribution in [3.8, 4) is 0 Å². The number of nitrogens with one attached hydrogen (secondary N) is 1. The predicted molar refractivity (Wildman–Crippen MR) is 114 cm³/mol. The number of hydrogen-bond acceptors (Lipinski definition) is 8. The van der Waals surface area contributed by atoms with E-state index in [1.165, 1.54) is 24.0 Å². The van der Waals surface area contributed by atoms with Crippen molar-refractivity contribution in [2.24, 2.45) is 5.92 Å². The summed E-state index contributed by atoms with van der Waals surface area (Å²) in [5, 5.41) is 4.64. The van der Waals surface area contributed by atoms with E-state index in [0.29, 0.717) is 12.3 Å². The summed E-state index contributed by atoms with van der Waals surface area (Å²) in [4.78, 5) is 26.4. The van der Waals surface area contributed by atoms with Gasteiger partial charge in [0.05, 0.1) is 38.7 Å². The number of aromatic nitrogens is 2. The first kappa shape index (κ1) is 20.5. The molecule has 1 aliphatic carbocycles. The highest BCUT2D eigenvalue weighted by molar-refractivity contribution is 7.19. The smallest absolute Gasteiger partial charge is 0.307 e. The fourth-order valence-corrected chi connectivity index (χ4v) is 5.54. The Morgan fingerprint density at radius 2 is 2.17 bits per heavy atom. The summed E-state index contributed by atoms with van der Waals surface area (Å²) in [6, 6.07) is -0.0603. The zero-order valence-corrected chi connectivity index (χ0v) is 18.3. The molecule has 2 aromatic heterocycles. The van der Waals surface area contributed by atoms with E-state index in [1.54, 1.807) is 0 Å². The van der Waals surface area contributed by atoms with Crippen molar-refractivity contribution in [2.45, 2.75) is 52.1 Å². The molecule has 0 aromatic carbocycles. The molecule has 158 valence electrons. The topological polar surface area (TPSA) is 76.6 Å². The summed E-state index contributed by atoms with van der Waals surface area (Å²) in [7, 11) is 1.43. The van der Waals surface area contributed by atoms with Gasteiger partial charge in [0.15, 0.2) is 0 Å². The molecule has 7 nitrogen and oxygen atoms in total. The molecule has 0 saturated carbocycles. The van der Waals surface area contributed by atoms with Gasteiger partial charge < -0.3 is 14.8 Å². The Hall–Kier alpha value is -1.77. The SMILES string of the molecule is COC(=O)C[C@H](C)Nc1nc(CN2CCOCC2)nc2sc3c(c12)CC[C@@H](C)C3. The van der Waals surface area contributed by atoms with Crippen molar-refractivity contribution in [3.05, 3.63) is 16.3 Å². The first-order valence-corrected chi connectivity index (χ1v) is 11.3. The molecule has 1 aliphatic heterocycles. The molecule has 2 atom stereocenters. The Kier molecular flexibility index (Phi) is 6.32. The quantitative estimate of drug-likeness (QED) is 0.723. The minimum absolute atomic E-state index is 0.0603. The molecule has 1 fully saturated rings. The average molecular weight is 419 g/mol. The fraction of sp³-hybridized carbons (Fsp3) is 0.667. The molecule has 3 heterocycles. The fourth-order valence-electron chi connectivity index (χ4n) is 4.14. The van der Waals surface area contributed by atoms with Crippen LogP contribution in [0.1, 0.15) is 43.0 Å². The van der Waals surface area contributed by atoms with Crippen molar-refractivity contribution in [1.82, 2.24) is 14.9 Å². The van der Waals surface area contributed by atoms with Crippen molar-refractivity contribution in [1.29, 1.82) is 0 Å². The van der Waals surface area contributed by atoms with E-state index in [0.717, 1.165) is 67.5 Å². The Balaban J connectivity index is 1.67. The zero-order valence-electron chi connectivity index (χ0n) is 17.5. The Bertz CT molecular complexity index is 878. The highest BCUT2D eigenvalue weighted by Crippen LogP contribution is 2.40. The second-order valence-corrected chi connectivity index (χ2v) is 9.32. The number of rotatable bonds is 6. The number of carbonyl (C=O) groups is 1. The van der Waals surface area contributed by atoms with Crippen LogP contribution in [0.4, 0.5) is 5.82 Å². The predicted octanol–water partition coefficient (Wildman–Crippen LogP) is 3.01. The van der Waals surface area contributed by atoms with Crippen LogP contribution < -0.4 is 5.32 Å². The lowest BCUT2D eigenvalue weighted by Crippen LogP contribution is -2.36. The van der Waals surface area contributed by atoms with Crippen LogP contribution in [0.5, 0.6) is 0 Å². The van der Waals surface area contributed by atoms with E-state index in [2.05, 4.69) is 17.1 Å². The van der Waals surface area contributed by atoms with Crippen LogP contribution in [0.3, 0.4) is 0 Å². The summed E-state index contributed by atoms with van der Waals surface area (Å²) in [6.07, 6.45) is 3.70. The van der Waals surface area contributed by atoms with Crippen LogP contribution in [0, 0.1) is 5.92 Å². The minimum Gasteiger partial charge on any atom is -0.469 e. The van der Waals surface area contributed by atoms with E-state index in [9.17, 15) is 4.79 Å². The lowest BCUT2D eigenvalue weighted by molar-refractivity contribution is -0.140. The molecule has 1 N–H and O–H groups in total. The highest BCUT2D eigenvalue weighted by Gasteiger charge is 2.25. The molecule has 1 saturated heterocycles. The van der Waals surface area contributed by atoms with Gasteiger partial charge in [0.25, 0.3) is 0 Å². The molecule has 0 radical (unpaired) electrons. The third-order valence-corrected chi connectivity index (χ3v) is 6.90. The molecular formula is C21H30N4O3S. The number of hydrogen-bond donors (Lipinski definition) is 1. The van der Waals surface area contributed by atoms with Gasteiger partial charge in [-0.15, -0.1) is 11.3 Å². The Morgan fingerprint density at radius 1 is 1.38 bits per heavy atom. The van der Waals surface area contributed by atoms with Gasteiger partial charge in [0.2, 0.25) is 0 Å².